The highest BCUT2D eigenvalue weighted by Gasteiger charge is 2.03. The Balaban J connectivity index is 0.00000191. The Bertz CT molecular complexity index is 374. The first-order valence-corrected chi connectivity index (χ1v) is 8.75. The van der Waals surface area contributed by atoms with Crippen LogP contribution >= 0.6 is 0 Å². The molecule has 0 amide bonds. The summed E-state index contributed by atoms with van der Waals surface area (Å²) in [5, 5.41) is 0. The maximum Gasteiger partial charge on any atom is 0.247 e. The van der Waals surface area contributed by atoms with Crippen LogP contribution in [0.3, 0.4) is 0 Å². The number of nitrogens with one attached hydrogen (secondary N) is 1. The second kappa shape index (κ2) is 12.7. The maximum atomic E-state index is 11.0. The predicted molar refractivity (Wildman–Crippen MR) is 93.8 cm³/mol. The minimum absolute atomic E-state index is 0.0121. The van der Waals surface area contributed by atoms with E-state index in [1.165, 1.54) is 44.1 Å². The molecule has 1 atom stereocenters. The molecule has 0 aliphatic rings. The number of hydrogen-bond donors (Lipinski definition) is 1. The summed E-state index contributed by atoms with van der Waals surface area (Å²) in [6.07, 6.45) is 11.0. The van der Waals surface area contributed by atoms with Crippen molar-refractivity contribution in [3.8, 4) is 0 Å². The largest absolute Gasteiger partial charge is 0.329 e. The lowest BCUT2D eigenvalue weighted by Gasteiger charge is -2.11. The molecular weight excluding hydrogens is 258 g/mol. The van der Waals surface area contributed by atoms with E-state index in [2.05, 4.69) is 25.8 Å². The molecule has 21 heavy (non-hydrogen) atoms. The second-order valence-corrected chi connectivity index (χ2v) is 6.24. The van der Waals surface area contributed by atoms with Crippen molar-refractivity contribution in [1.82, 2.24) is 4.98 Å². The fraction of sp³-hybridized carbons (Fsp3) is 0.737. The Hall–Kier alpha value is -1.05. The van der Waals surface area contributed by atoms with Crippen LogP contribution in [0.15, 0.2) is 23.1 Å². The lowest BCUT2D eigenvalue weighted by Crippen LogP contribution is -2.04. The molecule has 0 aliphatic heterocycles. The molecule has 0 saturated heterocycles. The van der Waals surface area contributed by atoms with Crippen LogP contribution in [0.5, 0.6) is 0 Å². The fourth-order valence-electron chi connectivity index (χ4n) is 2.38. The molecular formula is C19H35NO. The van der Waals surface area contributed by atoms with Crippen LogP contribution in [-0.4, -0.2) is 4.98 Å². The number of unbranched alkanes of at least 4 members (excludes halogenated alkanes) is 2. The van der Waals surface area contributed by atoms with Crippen molar-refractivity contribution in [2.75, 3.05) is 0 Å². The van der Waals surface area contributed by atoms with Gasteiger partial charge in [0, 0.05) is 12.3 Å². The average molecular weight is 293 g/mol. The van der Waals surface area contributed by atoms with Crippen molar-refractivity contribution in [2.45, 2.75) is 79.6 Å². The zero-order valence-corrected chi connectivity index (χ0v) is 14.7. The summed E-state index contributed by atoms with van der Waals surface area (Å²) >= 11 is 0. The molecule has 1 heterocycles. The molecule has 2 heteroatoms. The van der Waals surface area contributed by atoms with Gasteiger partial charge < -0.3 is 4.98 Å². The van der Waals surface area contributed by atoms with Crippen LogP contribution in [0.1, 0.15) is 78.7 Å². The zero-order chi connectivity index (χ0) is 16.1. The maximum absolute atomic E-state index is 11.0. The number of pyridine rings is 1. The van der Waals surface area contributed by atoms with Crippen LogP contribution in [0.2, 0.25) is 0 Å². The van der Waals surface area contributed by atoms with Gasteiger partial charge in [-0.15, -0.1) is 0 Å². The zero-order valence-electron chi connectivity index (χ0n) is 14.7. The van der Waals surface area contributed by atoms with Crippen molar-refractivity contribution in [2.24, 2.45) is 11.8 Å². The molecule has 2 nitrogen and oxygen atoms in total. The van der Waals surface area contributed by atoms with Crippen molar-refractivity contribution >= 4 is 0 Å². The van der Waals surface area contributed by atoms with E-state index in [0.29, 0.717) is 0 Å². The monoisotopic (exact) mass is 293 g/mol. The van der Waals surface area contributed by atoms with Gasteiger partial charge in [0.2, 0.25) is 5.56 Å². The number of aromatic amines is 1. The van der Waals surface area contributed by atoms with Crippen LogP contribution in [-0.2, 0) is 6.42 Å². The molecule has 0 radical (unpaired) electrons. The van der Waals surface area contributed by atoms with Crippen molar-refractivity contribution in [3.05, 3.63) is 34.2 Å². The Morgan fingerprint density at radius 2 is 1.62 bits per heavy atom. The highest BCUT2D eigenvalue weighted by Crippen LogP contribution is 2.17. The molecule has 1 rings (SSSR count). The van der Waals surface area contributed by atoms with Gasteiger partial charge in [-0.25, -0.2) is 0 Å². The molecule has 0 bridgehead atoms. The standard InChI is InChI=1S/C17H29NO.C2H6/c1-14(2)7-5-4-6-8-15(3)9-10-16-11-12-17(19)18-13-16;1-2/h11-15H,4-10H2,1-3H3,(H,18,19);1-2H3. The van der Waals surface area contributed by atoms with Gasteiger partial charge in [0.05, 0.1) is 0 Å². The summed E-state index contributed by atoms with van der Waals surface area (Å²) in [6, 6.07) is 3.56. The van der Waals surface area contributed by atoms with Gasteiger partial charge in [-0.3, -0.25) is 4.79 Å². The third-order valence-corrected chi connectivity index (χ3v) is 3.75. The highest BCUT2D eigenvalue weighted by atomic mass is 16.1. The number of H-pyrrole nitrogens is 1. The first-order chi connectivity index (χ1) is 10.1. The van der Waals surface area contributed by atoms with Gasteiger partial charge in [0.15, 0.2) is 0 Å². The van der Waals surface area contributed by atoms with E-state index in [4.69, 9.17) is 0 Å². The van der Waals surface area contributed by atoms with Crippen LogP contribution in [0.4, 0.5) is 0 Å². The molecule has 0 aliphatic carbocycles. The average Bonchev–Trinajstić information content (AvgIpc) is 2.48. The molecule has 0 saturated carbocycles. The molecule has 0 fully saturated rings. The van der Waals surface area contributed by atoms with E-state index in [9.17, 15) is 4.79 Å². The van der Waals surface area contributed by atoms with Gasteiger partial charge in [0.25, 0.3) is 0 Å². The molecule has 1 N–H and O–H groups in total. The normalized spacial score (nSPS) is 11.9. The van der Waals surface area contributed by atoms with Crippen LogP contribution < -0.4 is 5.56 Å². The first kappa shape index (κ1) is 19.9. The first-order valence-electron chi connectivity index (χ1n) is 8.75. The van der Waals surface area contributed by atoms with E-state index < -0.39 is 0 Å². The minimum atomic E-state index is -0.0121. The summed E-state index contributed by atoms with van der Waals surface area (Å²) in [6.45, 7) is 10.9. The summed E-state index contributed by atoms with van der Waals surface area (Å²) < 4.78 is 0. The molecule has 1 aromatic heterocycles. The molecule has 122 valence electrons. The smallest absolute Gasteiger partial charge is 0.247 e. The number of rotatable bonds is 9. The van der Waals surface area contributed by atoms with Crippen molar-refractivity contribution in [3.63, 3.8) is 0 Å². The third-order valence-electron chi connectivity index (χ3n) is 3.75. The lowest BCUT2D eigenvalue weighted by molar-refractivity contribution is 0.446. The summed E-state index contributed by atoms with van der Waals surface area (Å²) in [5.74, 6) is 1.63. The van der Waals surface area contributed by atoms with E-state index in [0.717, 1.165) is 18.3 Å². The van der Waals surface area contributed by atoms with Crippen LogP contribution in [0.25, 0.3) is 0 Å². The summed E-state index contributed by atoms with van der Waals surface area (Å²) in [4.78, 5) is 13.7. The Labute approximate surface area is 131 Å². The molecule has 0 aromatic carbocycles. The van der Waals surface area contributed by atoms with Crippen molar-refractivity contribution in [1.29, 1.82) is 0 Å². The summed E-state index contributed by atoms with van der Waals surface area (Å²) in [5.41, 5.74) is 1.23. The van der Waals surface area contributed by atoms with Gasteiger partial charge in [0.1, 0.15) is 0 Å². The third kappa shape index (κ3) is 11.3. The van der Waals surface area contributed by atoms with E-state index >= 15 is 0 Å². The number of aromatic nitrogens is 1. The summed E-state index contributed by atoms with van der Waals surface area (Å²) in [7, 11) is 0. The minimum Gasteiger partial charge on any atom is -0.329 e. The molecule has 0 spiro atoms. The SMILES string of the molecule is CC.CC(C)CCCCCC(C)CCc1ccc(=O)[nH]c1. The number of aryl methyl sites for hydroxylation is 1. The van der Waals surface area contributed by atoms with Crippen LogP contribution in [0, 0.1) is 11.8 Å². The highest BCUT2D eigenvalue weighted by molar-refractivity contribution is 5.08. The predicted octanol–water partition coefficient (Wildman–Crippen LogP) is 5.58. The van der Waals surface area contributed by atoms with Gasteiger partial charge in [-0.2, -0.15) is 0 Å². The van der Waals surface area contributed by atoms with E-state index in [1.807, 2.05) is 26.1 Å². The fourth-order valence-corrected chi connectivity index (χ4v) is 2.38. The Kier molecular flexibility index (Phi) is 12.0. The topological polar surface area (TPSA) is 32.9 Å². The number of hydrogen-bond acceptors (Lipinski definition) is 1. The van der Waals surface area contributed by atoms with E-state index in [1.54, 1.807) is 6.07 Å². The van der Waals surface area contributed by atoms with Gasteiger partial charge >= 0.3 is 0 Å². The van der Waals surface area contributed by atoms with Gasteiger partial charge in [-0.05, 0) is 30.2 Å². The van der Waals surface area contributed by atoms with Crippen molar-refractivity contribution < 1.29 is 0 Å². The quantitative estimate of drug-likeness (QED) is 0.593. The van der Waals surface area contributed by atoms with E-state index in [-0.39, 0.29) is 5.56 Å². The lowest BCUT2D eigenvalue weighted by atomic mass is 9.95. The van der Waals surface area contributed by atoms with Gasteiger partial charge in [-0.1, -0.05) is 72.8 Å². The molecule has 1 aromatic rings. The Morgan fingerprint density at radius 3 is 2.19 bits per heavy atom. The Morgan fingerprint density at radius 1 is 0.952 bits per heavy atom. The molecule has 1 unspecified atom stereocenters. The second-order valence-electron chi connectivity index (χ2n) is 6.24.